The molecule has 1 saturated heterocycles. The molecule has 1 fully saturated rings. The van der Waals surface area contributed by atoms with Crippen LogP contribution in [-0.2, 0) is 3.76 Å². The van der Waals surface area contributed by atoms with Crippen LogP contribution < -0.4 is 0 Å². The summed E-state index contributed by atoms with van der Waals surface area (Å²) in [5, 5.41) is 1.53. The van der Waals surface area contributed by atoms with E-state index in [9.17, 15) is 0 Å². The second-order valence-corrected chi connectivity index (χ2v) is 49.7. The Kier molecular flexibility index (Phi) is 5.34. The Morgan fingerprint density at radius 1 is 0.900 bits per heavy atom. The fourth-order valence-electron chi connectivity index (χ4n) is 5.82. The van der Waals surface area contributed by atoms with Gasteiger partial charge in [0.15, 0.2) is 0 Å². The summed E-state index contributed by atoms with van der Waals surface area (Å²) in [6.45, 7) is 19.8. The second-order valence-electron chi connectivity index (χ2n) is 9.41. The monoisotopic (exact) mass is 406 g/mol. The molecule has 0 saturated carbocycles. The minimum atomic E-state index is -2.23. The van der Waals surface area contributed by atoms with Crippen LogP contribution in [0.5, 0.6) is 0 Å². The predicted molar refractivity (Wildman–Crippen MR) is 96.5 cm³/mol. The van der Waals surface area contributed by atoms with Crippen LogP contribution in [0, 0.1) is 0 Å². The zero-order chi connectivity index (χ0) is 16.0. The molecule has 1 nitrogen and oxygen atoms in total. The van der Waals surface area contributed by atoms with Crippen LogP contribution in [0.4, 0.5) is 0 Å². The van der Waals surface area contributed by atoms with Crippen molar-refractivity contribution in [2.45, 2.75) is 106 Å². The summed E-state index contributed by atoms with van der Waals surface area (Å²) in [7, 11) is 0. The van der Waals surface area contributed by atoms with E-state index in [1.807, 2.05) is 0 Å². The zero-order valence-electron chi connectivity index (χ0n) is 15.7. The van der Waals surface area contributed by atoms with Gasteiger partial charge in [-0.2, -0.15) is 0 Å². The van der Waals surface area contributed by atoms with Crippen molar-refractivity contribution in [2.75, 3.05) is 0 Å². The Bertz CT molecular complexity index is 329. The SMILES string of the molecule is CCC1(CC)C[CH2][Ge]([C](C)(C)C)([C](C)(C)C)[Ge]([CH3])([CH3])[O]1. The van der Waals surface area contributed by atoms with E-state index < -0.39 is 22.9 Å². The fourth-order valence-corrected chi connectivity index (χ4v) is 79.3. The molecule has 0 aromatic carbocycles. The van der Waals surface area contributed by atoms with Gasteiger partial charge in [-0.25, -0.2) is 0 Å². The molecule has 3 heteroatoms. The van der Waals surface area contributed by atoms with Crippen LogP contribution in [0.2, 0.25) is 25.3 Å². The number of rotatable bonds is 2. The summed E-state index contributed by atoms with van der Waals surface area (Å²) >= 11 is -4.34. The Balaban J connectivity index is 3.38. The van der Waals surface area contributed by atoms with Gasteiger partial charge in [0.25, 0.3) is 0 Å². The Labute approximate surface area is 132 Å². The molecule has 1 heterocycles. The maximum atomic E-state index is 7.10. The zero-order valence-corrected chi connectivity index (χ0v) is 19.9. The van der Waals surface area contributed by atoms with Gasteiger partial charge in [0, 0.05) is 0 Å². The van der Waals surface area contributed by atoms with E-state index in [2.05, 4.69) is 66.9 Å². The maximum absolute atomic E-state index is 7.10. The van der Waals surface area contributed by atoms with Gasteiger partial charge in [-0.1, -0.05) is 0 Å². The molecular weight excluding hydrogens is 365 g/mol. The van der Waals surface area contributed by atoms with E-state index in [0.717, 1.165) is 0 Å². The van der Waals surface area contributed by atoms with Crippen LogP contribution in [0.1, 0.15) is 74.7 Å². The summed E-state index contributed by atoms with van der Waals surface area (Å²) in [5.74, 6) is 5.21. The summed E-state index contributed by atoms with van der Waals surface area (Å²) in [5.41, 5.74) is 0.217. The van der Waals surface area contributed by atoms with E-state index in [0.29, 0.717) is 8.49 Å². The normalized spacial score (nSPS) is 25.5. The van der Waals surface area contributed by atoms with Crippen molar-refractivity contribution in [2.24, 2.45) is 0 Å². The van der Waals surface area contributed by atoms with Gasteiger partial charge < -0.3 is 0 Å². The third-order valence-corrected chi connectivity index (χ3v) is 68.0. The molecule has 0 bridgehead atoms. The molecule has 0 amide bonds. The molecule has 0 aliphatic carbocycles. The van der Waals surface area contributed by atoms with Crippen molar-refractivity contribution in [3.05, 3.63) is 0 Å². The third-order valence-electron chi connectivity index (χ3n) is 6.30. The minimum absolute atomic E-state index is 0.217. The van der Waals surface area contributed by atoms with Crippen LogP contribution in [0.3, 0.4) is 0 Å². The number of hydrogen-bond acceptors (Lipinski definition) is 1. The summed E-state index contributed by atoms with van der Waals surface area (Å²) < 4.78 is 8.09. The topological polar surface area (TPSA) is 9.23 Å². The van der Waals surface area contributed by atoms with Crippen LogP contribution >= 0.6 is 0 Å². The first-order valence-corrected chi connectivity index (χ1v) is 23.6. The molecule has 0 spiro atoms. The first-order valence-electron chi connectivity index (χ1n) is 8.49. The predicted octanol–water partition coefficient (Wildman–Crippen LogP) is 6.30. The molecule has 0 N–H and O–H groups in total. The quantitative estimate of drug-likeness (QED) is 0.492. The molecule has 1 aliphatic heterocycles. The molecular formula is C17H38Ge2O. The van der Waals surface area contributed by atoms with Gasteiger partial charge in [-0.15, -0.1) is 0 Å². The van der Waals surface area contributed by atoms with Crippen molar-refractivity contribution in [3.8, 4) is 0 Å². The first-order chi connectivity index (χ1) is 8.79. The molecule has 0 radical (unpaired) electrons. The van der Waals surface area contributed by atoms with Gasteiger partial charge in [0.1, 0.15) is 0 Å². The summed E-state index contributed by atoms with van der Waals surface area (Å²) in [6, 6.07) is 0. The fraction of sp³-hybridized carbons (Fsp3) is 1.00. The second kappa shape index (κ2) is 5.60. The van der Waals surface area contributed by atoms with Crippen molar-refractivity contribution >= 4 is 22.9 Å². The average Bonchev–Trinajstić information content (AvgIpc) is 2.23. The van der Waals surface area contributed by atoms with Crippen molar-refractivity contribution < 1.29 is 3.76 Å². The molecule has 0 aromatic heterocycles. The molecule has 0 aromatic rings. The van der Waals surface area contributed by atoms with Crippen LogP contribution in [0.15, 0.2) is 0 Å². The Hall–Kier alpha value is 1.05. The standard InChI is InChI=1S/C17H38Ge2O/c1-11-17(12-2)13-14-19(15(3,4)5,16(6,7)8)18(9,10)20-17/h11-14H2,1-10H3. The average molecular weight is 404 g/mol. The number of hydrogen-bond donors (Lipinski definition) is 0. The van der Waals surface area contributed by atoms with Crippen LogP contribution in [0.25, 0.3) is 0 Å². The molecule has 1 aliphatic rings. The van der Waals surface area contributed by atoms with Crippen molar-refractivity contribution in [1.29, 1.82) is 0 Å². The molecule has 20 heavy (non-hydrogen) atoms. The molecule has 0 atom stereocenters. The molecule has 120 valence electrons. The van der Waals surface area contributed by atoms with Gasteiger partial charge in [-0.05, 0) is 0 Å². The van der Waals surface area contributed by atoms with Gasteiger partial charge >= 0.3 is 132 Å². The Morgan fingerprint density at radius 2 is 1.30 bits per heavy atom. The summed E-state index contributed by atoms with van der Waals surface area (Å²) in [4.78, 5) is 0. The third kappa shape index (κ3) is 2.80. The van der Waals surface area contributed by atoms with E-state index in [-0.39, 0.29) is 5.60 Å². The van der Waals surface area contributed by atoms with Crippen LogP contribution in [-0.4, -0.2) is 28.5 Å². The van der Waals surface area contributed by atoms with E-state index >= 15 is 0 Å². The van der Waals surface area contributed by atoms with Gasteiger partial charge in [0.2, 0.25) is 0 Å². The van der Waals surface area contributed by atoms with E-state index in [4.69, 9.17) is 3.76 Å². The van der Waals surface area contributed by atoms with Crippen molar-refractivity contribution in [3.63, 3.8) is 0 Å². The van der Waals surface area contributed by atoms with Gasteiger partial charge in [-0.3, -0.25) is 0 Å². The first kappa shape index (κ1) is 19.1. The molecule has 1 rings (SSSR count). The van der Waals surface area contributed by atoms with E-state index in [1.54, 1.807) is 0 Å². The van der Waals surface area contributed by atoms with Gasteiger partial charge in [0.05, 0.1) is 0 Å². The van der Waals surface area contributed by atoms with Crippen molar-refractivity contribution in [1.82, 2.24) is 0 Å². The van der Waals surface area contributed by atoms with E-state index in [1.165, 1.54) is 24.5 Å². The Morgan fingerprint density at radius 3 is 1.55 bits per heavy atom. The molecule has 0 unspecified atom stereocenters. The summed E-state index contributed by atoms with van der Waals surface area (Å²) in [6.07, 6.45) is 3.72.